The van der Waals surface area contributed by atoms with E-state index in [-0.39, 0.29) is 11.7 Å². The topological polar surface area (TPSA) is 63.2 Å². The van der Waals surface area contributed by atoms with Gasteiger partial charge in [-0.15, -0.1) is 0 Å². The maximum absolute atomic E-state index is 13.8. The SMILES string of the molecule is CNC(=O)[C@H](N[C@@H](CCc1ccc(C(F)(F)F)nc1)c1ccc(F)cc1OC)c1ccc(F)cc1. The molecular weight excluding hydrogens is 469 g/mol. The first-order chi connectivity index (χ1) is 16.6. The van der Waals surface area contributed by atoms with E-state index >= 15 is 0 Å². The van der Waals surface area contributed by atoms with Crippen LogP contribution in [0.15, 0.2) is 60.8 Å². The highest BCUT2D eigenvalue weighted by atomic mass is 19.4. The highest BCUT2D eigenvalue weighted by Crippen LogP contribution is 2.32. The van der Waals surface area contributed by atoms with Crippen molar-refractivity contribution < 1.29 is 31.5 Å². The zero-order chi connectivity index (χ0) is 25.6. The van der Waals surface area contributed by atoms with Crippen LogP contribution >= 0.6 is 0 Å². The number of hydrogen-bond donors (Lipinski definition) is 2. The van der Waals surface area contributed by atoms with Crippen LogP contribution in [0.1, 0.15) is 40.9 Å². The average molecular weight is 493 g/mol. The second-order valence-corrected chi connectivity index (χ2v) is 7.79. The predicted octanol–water partition coefficient (Wildman–Crippen LogP) is 5.14. The van der Waals surface area contributed by atoms with Gasteiger partial charge in [0, 0.05) is 30.9 Å². The lowest BCUT2D eigenvalue weighted by Crippen LogP contribution is -2.38. The molecule has 0 aliphatic heterocycles. The summed E-state index contributed by atoms with van der Waals surface area (Å²) in [5, 5.41) is 5.78. The first-order valence-corrected chi connectivity index (χ1v) is 10.7. The van der Waals surface area contributed by atoms with Crippen LogP contribution in [0.5, 0.6) is 5.75 Å². The molecule has 0 fully saturated rings. The Morgan fingerprint density at radius 1 is 1.03 bits per heavy atom. The summed E-state index contributed by atoms with van der Waals surface area (Å²) in [6.45, 7) is 0. The first kappa shape index (κ1) is 26.1. The van der Waals surface area contributed by atoms with Gasteiger partial charge in [-0.1, -0.05) is 24.3 Å². The van der Waals surface area contributed by atoms with Crippen LogP contribution in [0.4, 0.5) is 22.0 Å². The highest BCUT2D eigenvalue weighted by Gasteiger charge is 2.32. The van der Waals surface area contributed by atoms with E-state index in [1.807, 2.05) is 0 Å². The number of alkyl halides is 3. The molecule has 0 spiro atoms. The molecule has 1 heterocycles. The summed E-state index contributed by atoms with van der Waals surface area (Å²) in [5.74, 6) is -1.13. The van der Waals surface area contributed by atoms with Crippen molar-refractivity contribution in [2.24, 2.45) is 0 Å². The van der Waals surface area contributed by atoms with Gasteiger partial charge in [-0.05, 0) is 48.2 Å². The van der Waals surface area contributed by atoms with Crippen molar-refractivity contribution in [1.29, 1.82) is 0 Å². The van der Waals surface area contributed by atoms with E-state index in [1.54, 1.807) is 0 Å². The monoisotopic (exact) mass is 493 g/mol. The van der Waals surface area contributed by atoms with Crippen LogP contribution in [0, 0.1) is 11.6 Å². The summed E-state index contributed by atoms with van der Waals surface area (Å²) in [6, 6.07) is 10.1. The fraction of sp³-hybridized carbons (Fsp3) is 0.280. The van der Waals surface area contributed by atoms with Gasteiger partial charge in [0.1, 0.15) is 29.1 Å². The number of nitrogens with one attached hydrogen (secondary N) is 2. The molecule has 5 nitrogen and oxygen atoms in total. The zero-order valence-electron chi connectivity index (χ0n) is 19.0. The van der Waals surface area contributed by atoms with Crippen LogP contribution in [-0.4, -0.2) is 25.0 Å². The third-order valence-electron chi connectivity index (χ3n) is 5.49. The Morgan fingerprint density at radius 3 is 2.29 bits per heavy atom. The second-order valence-electron chi connectivity index (χ2n) is 7.79. The Morgan fingerprint density at radius 2 is 1.71 bits per heavy atom. The van der Waals surface area contributed by atoms with Crippen LogP contribution in [0.3, 0.4) is 0 Å². The van der Waals surface area contributed by atoms with Crippen molar-refractivity contribution in [3.05, 3.63) is 94.8 Å². The van der Waals surface area contributed by atoms with E-state index in [4.69, 9.17) is 4.74 Å². The standard InChI is InChI=1S/C25H24F5N3O2/c1-31-24(34)23(16-5-7-17(26)8-6-16)33-20(19-10-9-18(27)13-21(19)35-2)11-3-15-4-12-22(32-14-15)25(28,29)30/h4-10,12-14,20,23,33H,3,11H2,1-2H3,(H,31,34)/t20-,23+/m0/s1. The molecule has 10 heteroatoms. The lowest BCUT2D eigenvalue weighted by Gasteiger charge is -2.27. The van der Waals surface area contributed by atoms with Crippen LogP contribution in [0.2, 0.25) is 0 Å². The number of amides is 1. The third-order valence-corrected chi connectivity index (χ3v) is 5.49. The van der Waals surface area contributed by atoms with E-state index in [0.717, 1.165) is 12.3 Å². The smallest absolute Gasteiger partial charge is 0.433 e. The minimum absolute atomic E-state index is 0.239. The fourth-order valence-corrected chi connectivity index (χ4v) is 3.68. The molecule has 0 radical (unpaired) electrons. The molecule has 35 heavy (non-hydrogen) atoms. The first-order valence-electron chi connectivity index (χ1n) is 10.7. The lowest BCUT2D eigenvalue weighted by molar-refractivity contribution is -0.141. The average Bonchev–Trinajstić information content (AvgIpc) is 2.84. The Bertz CT molecular complexity index is 1140. The highest BCUT2D eigenvalue weighted by molar-refractivity contribution is 5.83. The van der Waals surface area contributed by atoms with Crippen LogP contribution in [-0.2, 0) is 17.4 Å². The number of likely N-dealkylation sites (N-methyl/N-ethyl adjacent to an activating group) is 1. The molecule has 0 saturated heterocycles. The molecule has 0 aliphatic carbocycles. The molecule has 3 aromatic rings. The van der Waals surface area contributed by atoms with Gasteiger partial charge in [0.15, 0.2) is 0 Å². The molecule has 0 unspecified atom stereocenters. The Labute approximate surface area is 199 Å². The van der Waals surface area contributed by atoms with Crippen molar-refractivity contribution in [3.8, 4) is 5.75 Å². The minimum atomic E-state index is -4.54. The molecule has 2 atom stereocenters. The van der Waals surface area contributed by atoms with E-state index in [2.05, 4.69) is 15.6 Å². The Hall–Kier alpha value is -3.53. The summed E-state index contributed by atoms with van der Waals surface area (Å²) < 4.78 is 71.1. The molecule has 0 aliphatic rings. The Balaban J connectivity index is 1.93. The molecule has 0 bridgehead atoms. The number of pyridine rings is 1. The third kappa shape index (κ3) is 6.75. The van der Waals surface area contributed by atoms with Gasteiger partial charge in [0.2, 0.25) is 5.91 Å². The number of rotatable bonds is 9. The van der Waals surface area contributed by atoms with Crippen LogP contribution in [0.25, 0.3) is 0 Å². The number of methoxy groups -OCH3 is 1. The molecule has 3 rings (SSSR count). The zero-order valence-corrected chi connectivity index (χ0v) is 19.0. The summed E-state index contributed by atoms with van der Waals surface area (Å²) in [5.41, 5.74) is 0.592. The number of aryl methyl sites for hydroxylation is 1. The predicted molar refractivity (Wildman–Crippen MR) is 120 cm³/mol. The number of nitrogens with zero attached hydrogens (tertiary/aromatic N) is 1. The normalized spacial score (nSPS) is 13.2. The maximum atomic E-state index is 13.8. The van der Waals surface area contributed by atoms with Gasteiger partial charge in [-0.3, -0.25) is 15.1 Å². The summed E-state index contributed by atoms with van der Waals surface area (Å²) in [4.78, 5) is 16.2. The lowest BCUT2D eigenvalue weighted by atomic mass is 9.96. The van der Waals surface area contributed by atoms with Crippen molar-refractivity contribution in [2.75, 3.05) is 14.2 Å². The number of hydrogen-bond acceptors (Lipinski definition) is 4. The second kappa shape index (κ2) is 11.3. The molecule has 1 amide bonds. The quantitative estimate of drug-likeness (QED) is 0.406. The number of halogens is 5. The minimum Gasteiger partial charge on any atom is -0.496 e. The summed E-state index contributed by atoms with van der Waals surface area (Å²) in [6.07, 6.45) is -2.78. The van der Waals surface area contributed by atoms with Gasteiger partial charge >= 0.3 is 6.18 Å². The molecule has 186 valence electrons. The van der Waals surface area contributed by atoms with Crippen molar-refractivity contribution in [3.63, 3.8) is 0 Å². The number of carbonyl (C=O) groups is 1. The van der Waals surface area contributed by atoms with Crippen LogP contribution < -0.4 is 15.4 Å². The number of benzene rings is 2. The Kier molecular flexibility index (Phi) is 8.39. The van der Waals surface area contributed by atoms with E-state index in [0.29, 0.717) is 29.5 Å². The van der Waals surface area contributed by atoms with Gasteiger partial charge in [-0.2, -0.15) is 13.2 Å². The fourth-order valence-electron chi connectivity index (χ4n) is 3.68. The van der Waals surface area contributed by atoms with E-state index in [1.165, 1.54) is 62.7 Å². The molecule has 0 saturated carbocycles. The molecular formula is C25H24F5N3O2. The largest absolute Gasteiger partial charge is 0.496 e. The van der Waals surface area contributed by atoms with E-state index in [9.17, 15) is 26.7 Å². The molecule has 2 aromatic carbocycles. The summed E-state index contributed by atoms with van der Waals surface area (Å²) >= 11 is 0. The van der Waals surface area contributed by atoms with Gasteiger partial charge in [0.05, 0.1) is 7.11 Å². The van der Waals surface area contributed by atoms with Gasteiger partial charge in [0.25, 0.3) is 0 Å². The molecule has 1 aromatic heterocycles. The number of aromatic nitrogens is 1. The van der Waals surface area contributed by atoms with Gasteiger partial charge < -0.3 is 10.1 Å². The summed E-state index contributed by atoms with van der Waals surface area (Å²) in [7, 11) is 2.84. The van der Waals surface area contributed by atoms with Crippen molar-refractivity contribution >= 4 is 5.91 Å². The van der Waals surface area contributed by atoms with E-state index < -0.39 is 35.6 Å². The van der Waals surface area contributed by atoms with Gasteiger partial charge in [-0.25, -0.2) is 8.78 Å². The molecule has 2 N–H and O–H groups in total. The number of ether oxygens (including phenoxy) is 1. The number of carbonyl (C=O) groups excluding carboxylic acids is 1. The maximum Gasteiger partial charge on any atom is 0.433 e. The van der Waals surface area contributed by atoms with Crippen molar-refractivity contribution in [2.45, 2.75) is 31.1 Å². The van der Waals surface area contributed by atoms with Crippen molar-refractivity contribution in [1.82, 2.24) is 15.6 Å².